The Hall–Kier alpha value is -4.14. The first kappa shape index (κ1) is 22.1. The number of para-hydroxylation sites is 2. The van der Waals surface area contributed by atoms with Crippen LogP contribution in [0.4, 0.5) is 11.4 Å². The highest BCUT2D eigenvalue weighted by molar-refractivity contribution is 6.05. The second kappa shape index (κ2) is 8.78. The number of hydrogen-bond acceptors (Lipinski definition) is 8. The molecule has 0 fully saturated rings. The van der Waals surface area contributed by atoms with Crippen molar-refractivity contribution in [2.45, 2.75) is 25.2 Å². The molecule has 33 heavy (non-hydrogen) atoms. The number of Topliss-reactive ketones (excluding diaryl/α,β-unsaturated/α-hetero) is 1. The van der Waals surface area contributed by atoms with E-state index >= 15 is 0 Å². The number of carbonyl (C=O) groups is 2. The van der Waals surface area contributed by atoms with E-state index in [-0.39, 0.29) is 28.6 Å². The fourth-order valence-corrected chi connectivity index (χ4v) is 4.51. The number of methoxy groups -OCH3 is 2. The minimum atomic E-state index is -0.759. The SMILES string of the molecule is COC(=O)C1=C(N)N(c2ccccc2[N+](=O)[O-])C2=C(C(=O)CCC2)C1c1ccc(OC)cc1. The van der Waals surface area contributed by atoms with Gasteiger partial charge in [0.15, 0.2) is 5.78 Å². The topological polar surface area (TPSA) is 125 Å². The molecule has 2 N–H and O–H groups in total. The van der Waals surface area contributed by atoms with Crippen molar-refractivity contribution < 1.29 is 24.0 Å². The van der Waals surface area contributed by atoms with Crippen LogP contribution in [0.1, 0.15) is 30.7 Å². The highest BCUT2D eigenvalue weighted by Crippen LogP contribution is 2.48. The van der Waals surface area contributed by atoms with Gasteiger partial charge >= 0.3 is 5.97 Å². The predicted octanol–water partition coefficient (Wildman–Crippen LogP) is 3.56. The van der Waals surface area contributed by atoms with Crippen LogP contribution in [-0.2, 0) is 14.3 Å². The number of carbonyl (C=O) groups excluding carboxylic acids is 2. The molecule has 2 aromatic rings. The lowest BCUT2D eigenvalue weighted by Gasteiger charge is -2.40. The molecule has 0 amide bonds. The molecule has 0 aromatic heterocycles. The summed E-state index contributed by atoms with van der Waals surface area (Å²) in [5.74, 6) is -0.969. The van der Waals surface area contributed by atoms with Gasteiger partial charge in [0, 0.05) is 23.8 Å². The number of hydrogen-bond donors (Lipinski definition) is 1. The van der Waals surface area contributed by atoms with E-state index < -0.39 is 16.8 Å². The van der Waals surface area contributed by atoms with Gasteiger partial charge in [-0.3, -0.25) is 19.8 Å². The molecule has 2 aliphatic rings. The number of nitrogens with two attached hydrogens (primary N) is 1. The number of allylic oxidation sites excluding steroid dienone is 2. The van der Waals surface area contributed by atoms with Gasteiger partial charge < -0.3 is 15.2 Å². The Morgan fingerprint density at radius 1 is 1.12 bits per heavy atom. The average molecular weight is 449 g/mol. The zero-order chi connectivity index (χ0) is 23.7. The molecule has 1 heterocycles. The molecular weight excluding hydrogens is 426 g/mol. The van der Waals surface area contributed by atoms with Crippen molar-refractivity contribution in [2.75, 3.05) is 19.1 Å². The van der Waals surface area contributed by atoms with Gasteiger partial charge in [0.2, 0.25) is 0 Å². The van der Waals surface area contributed by atoms with E-state index in [0.717, 1.165) is 0 Å². The van der Waals surface area contributed by atoms with Crippen LogP contribution in [0.15, 0.2) is 71.2 Å². The van der Waals surface area contributed by atoms with Gasteiger partial charge in [-0.25, -0.2) is 4.79 Å². The highest BCUT2D eigenvalue weighted by atomic mass is 16.6. The molecule has 1 unspecified atom stereocenters. The summed E-state index contributed by atoms with van der Waals surface area (Å²) in [4.78, 5) is 38.9. The quantitative estimate of drug-likeness (QED) is 0.417. The molecule has 0 bridgehead atoms. The zero-order valence-electron chi connectivity index (χ0n) is 18.2. The third kappa shape index (κ3) is 3.71. The first-order valence-electron chi connectivity index (χ1n) is 10.4. The second-order valence-corrected chi connectivity index (χ2v) is 7.72. The number of nitro benzene ring substituents is 1. The van der Waals surface area contributed by atoms with Crippen LogP contribution in [-0.4, -0.2) is 30.9 Å². The minimum Gasteiger partial charge on any atom is -0.497 e. The molecule has 0 spiro atoms. The molecule has 4 rings (SSSR count). The summed E-state index contributed by atoms with van der Waals surface area (Å²) in [7, 11) is 2.78. The van der Waals surface area contributed by atoms with E-state index in [1.54, 1.807) is 49.6 Å². The predicted molar refractivity (Wildman–Crippen MR) is 120 cm³/mol. The Morgan fingerprint density at radius 2 is 1.82 bits per heavy atom. The normalized spacial score (nSPS) is 18.2. The maximum Gasteiger partial charge on any atom is 0.338 e. The third-order valence-corrected chi connectivity index (χ3v) is 5.97. The number of nitrogens with zero attached hydrogens (tertiary/aromatic N) is 2. The zero-order valence-corrected chi connectivity index (χ0v) is 18.2. The fraction of sp³-hybridized carbons (Fsp3) is 0.250. The van der Waals surface area contributed by atoms with Crippen LogP contribution in [0.3, 0.4) is 0 Å². The molecule has 1 atom stereocenters. The Bertz CT molecular complexity index is 1200. The summed E-state index contributed by atoms with van der Waals surface area (Å²) >= 11 is 0. The number of nitro groups is 1. The van der Waals surface area contributed by atoms with E-state index in [0.29, 0.717) is 41.8 Å². The van der Waals surface area contributed by atoms with Crippen LogP contribution in [0.25, 0.3) is 0 Å². The summed E-state index contributed by atoms with van der Waals surface area (Å²) in [5.41, 5.74) is 8.26. The largest absolute Gasteiger partial charge is 0.497 e. The number of anilines is 1. The van der Waals surface area contributed by atoms with E-state index in [9.17, 15) is 19.7 Å². The van der Waals surface area contributed by atoms with E-state index in [2.05, 4.69) is 0 Å². The Morgan fingerprint density at radius 3 is 2.45 bits per heavy atom. The number of benzene rings is 2. The van der Waals surface area contributed by atoms with Gasteiger partial charge in [0.1, 0.15) is 17.3 Å². The van der Waals surface area contributed by atoms with E-state index in [4.69, 9.17) is 15.2 Å². The van der Waals surface area contributed by atoms with Gasteiger partial charge in [0.05, 0.1) is 30.6 Å². The fourth-order valence-electron chi connectivity index (χ4n) is 4.51. The van der Waals surface area contributed by atoms with Crippen molar-refractivity contribution in [3.8, 4) is 5.75 Å². The Balaban J connectivity index is 2.02. The Labute approximate surface area is 190 Å². The van der Waals surface area contributed by atoms with Crippen molar-refractivity contribution in [1.82, 2.24) is 0 Å². The van der Waals surface area contributed by atoms with E-state index in [1.165, 1.54) is 18.1 Å². The van der Waals surface area contributed by atoms with E-state index in [1.807, 2.05) is 0 Å². The highest BCUT2D eigenvalue weighted by Gasteiger charge is 2.44. The van der Waals surface area contributed by atoms with Crippen molar-refractivity contribution >= 4 is 23.1 Å². The maximum atomic E-state index is 13.2. The second-order valence-electron chi connectivity index (χ2n) is 7.72. The molecule has 0 saturated carbocycles. The molecule has 170 valence electrons. The molecule has 1 aliphatic heterocycles. The third-order valence-electron chi connectivity index (χ3n) is 5.97. The molecular formula is C24H23N3O6. The molecule has 1 aliphatic carbocycles. The number of ether oxygens (including phenoxy) is 2. The lowest BCUT2D eigenvalue weighted by atomic mass is 9.75. The summed E-state index contributed by atoms with van der Waals surface area (Å²) in [6.45, 7) is 0. The van der Waals surface area contributed by atoms with Gasteiger partial charge in [-0.1, -0.05) is 24.3 Å². The maximum absolute atomic E-state index is 13.2. The molecule has 0 saturated heterocycles. The first-order valence-corrected chi connectivity index (χ1v) is 10.4. The van der Waals surface area contributed by atoms with Crippen LogP contribution < -0.4 is 15.4 Å². The van der Waals surface area contributed by atoms with Crippen molar-refractivity contribution in [3.05, 3.63) is 86.9 Å². The molecule has 2 aromatic carbocycles. The summed E-state index contributed by atoms with van der Waals surface area (Å²) in [5, 5.41) is 11.7. The lowest BCUT2D eigenvalue weighted by molar-refractivity contribution is -0.384. The first-order chi connectivity index (χ1) is 15.9. The van der Waals surface area contributed by atoms with Crippen molar-refractivity contribution in [2.24, 2.45) is 5.73 Å². The van der Waals surface area contributed by atoms with Crippen LogP contribution >= 0.6 is 0 Å². The lowest BCUT2D eigenvalue weighted by Crippen LogP contribution is -2.41. The van der Waals surface area contributed by atoms with Gasteiger partial charge in [-0.15, -0.1) is 0 Å². The average Bonchev–Trinajstić information content (AvgIpc) is 2.83. The molecule has 9 nitrogen and oxygen atoms in total. The summed E-state index contributed by atoms with van der Waals surface area (Å²) < 4.78 is 10.3. The number of rotatable bonds is 5. The summed E-state index contributed by atoms with van der Waals surface area (Å²) in [6.07, 6.45) is 1.37. The number of esters is 1. The standard InChI is InChI=1S/C24H23N3O6/c1-32-15-12-10-14(11-13-15)20-21-18(8-5-9-19(21)28)26(23(25)22(20)24(29)33-2)16-6-3-4-7-17(16)27(30)31/h3-4,6-7,10-13,20H,5,8-9,25H2,1-2H3. The number of ketones is 1. The monoisotopic (exact) mass is 449 g/mol. The van der Waals surface area contributed by atoms with Crippen molar-refractivity contribution in [3.63, 3.8) is 0 Å². The Kier molecular flexibility index (Phi) is 5.87. The van der Waals surface area contributed by atoms with Crippen LogP contribution in [0, 0.1) is 10.1 Å². The van der Waals surface area contributed by atoms with Crippen LogP contribution in [0.5, 0.6) is 5.75 Å². The van der Waals surface area contributed by atoms with Crippen LogP contribution in [0.2, 0.25) is 0 Å². The van der Waals surface area contributed by atoms with Gasteiger partial charge in [-0.2, -0.15) is 0 Å². The van der Waals surface area contributed by atoms with Gasteiger partial charge in [-0.05, 0) is 36.6 Å². The van der Waals surface area contributed by atoms with Crippen molar-refractivity contribution in [1.29, 1.82) is 0 Å². The smallest absolute Gasteiger partial charge is 0.338 e. The minimum absolute atomic E-state index is 0.00502. The van der Waals surface area contributed by atoms with Gasteiger partial charge in [0.25, 0.3) is 5.69 Å². The molecule has 0 radical (unpaired) electrons. The molecule has 9 heteroatoms. The summed E-state index contributed by atoms with van der Waals surface area (Å²) in [6, 6.07) is 13.1.